The molecule has 0 radical (unpaired) electrons. The van der Waals surface area contributed by atoms with Crippen LogP contribution >= 0.6 is 0 Å². The highest BCUT2D eigenvalue weighted by Gasteiger charge is 2.40. The summed E-state index contributed by atoms with van der Waals surface area (Å²) < 4.78 is 27.2. The highest BCUT2D eigenvalue weighted by Crippen LogP contribution is 2.43. The monoisotopic (exact) mass is 361 g/mol. The van der Waals surface area contributed by atoms with Gasteiger partial charge in [0.05, 0.1) is 10.6 Å². The number of carbonyl (C=O) groups is 1. The minimum atomic E-state index is -3.72. The Balaban J connectivity index is 1.86. The van der Waals surface area contributed by atoms with E-state index in [0.717, 1.165) is 18.4 Å². The summed E-state index contributed by atoms with van der Waals surface area (Å²) in [6.07, 6.45) is 0.814. The van der Waals surface area contributed by atoms with Gasteiger partial charge < -0.3 is 10.2 Å². The third kappa shape index (κ3) is 3.09. The quantitative estimate of drug-likeness (QED) is 0.797. The number of rotatable bonds is 6. The van der Waals surface area contributed by atoms with E-state index < -0.39 is 16.1 Å². The molecule has 1 aliphatic heterocycles. The molecule has 1 atom stereocenters. The first-order chi connectivity index (χ1) is 11.8. The molecular weight excluding hydrogens is 338 g/mol. The number of sulfonamides is 1. The van der Waals surface area contributed by atoms with Crippen LogP contribution in [0.2, 0.25) is 0 Å². The first-order valence-corrected chi connectivity index (χ1v) is 9.76. The van der Waals surface area contributed by atoms with Gasteiger partial charge in [0.15, 0.2) is 0 Å². The van der Waals surface area contributed by atoms with Crippen molar-refractivity contribution < 1.29 is 13.2 Å². The fraction of sp³-hybridized carbons (Fsp3) is 0.389. The molecule has 25 heavy (non-hydrogen) atoms. The minimum Gasteiger partial charge on any atom is -0.354 e. The van der Waals surface area contributed by atoms with E-state index in [4.69, 9.17) is 0 Å². The molecule has 3 rings (SSSR count). The number of amides is 1. The number of carbonyl (C=O) groups excluding carboxylic acids is 1. The van der Waals surface area contributed by atoms with Crippen molar-refractivity contribution in [3.8, 4) is 0 Å². The molecular formula is C18H23N3O3S. The summed E-state index contributed by atoms with van der Waals surface area (Å²) in [7, 11) is 0.220. The average Bonchev–Trinajstić information content (AvgIpc) is 2.80. The van der Waals surface area contributed by atoms with Gasteiger partial charge in [-0.1, -0.05) is 24.3 Å². The number of hydrogen-bond donors (Lipinski definition) is 1. The summed E-state index contributed by atoms with van der Waals surface area (Å²) in [6.45, 7) is 3.01. The zero-order valence-electron chi connectivity index (χ0n) is 14.7. The molecule has 7 heteroatoms. The van der Waals surface area contributed by atoms with E-state index in [-0.39, 0.29) is 10.8 Å². The van der Waals surface area contributed by atoms with Crippen molar-refractivity contribution in [1.29, 1.82) is 0 Å². The lowest BCUT2D eigenvalue weighted by Gasteiger charge is -2.25. The lowest BCUT2D eigenvalue weighted by Crippen LogP contribution is -2.47. The van der Waals surface area contributed by atoms with Crippen molar-refractivity contribution in [2.75, 3.05) is 31.5 Å². The molecule has 1 heterocycles. The van der Waals surface area contributed by atoms with Crippen LogP contribution in [0.4, 0.5) is 5.69 Å². The van der Waals surface area contributed by atoms with Gasteiger partial charge in [-0.15, -0.1) is 0 Å². The Hall–Kier alpha value is -2.12. The summed E-state index contributed by atoms with van der Waals surface area (Å²) in [5.74, 6) is -0.285. The van der Waals surface area contributed by atoms with Crippen LogP contribution in [-0.4, -0.2) is 52.5 Å². The summed E-state index contributed by atoms with van der Waals surface area (Å²) in [4.78, 5) is 14.8. The molecule has 1 unspecified atom stereocenters. The van der Waals surface area contributed by atoms with Crippen LogP contribution in [0, 0.1) is 0 Å². The second-order valence-electron chi connectivity index (χ2n) is 6.56. The predicted octanol–water partition coefficient (Wildman–Crippen LogP) is 1.80. The molecule has 0 fully saturated rings. The van der Waals surface area contributed by atoms with Gasteiger partial charge in [-0.2, -0.15) is 0 Å². The van der Waals surface area contributed by atoms with E-state index >= 15 is 0 Å². The molecule has 134 valence electrons. The highest BCUT2D eigenvalue weighted by atomic mass is 32.2. The first kappa shape index (κ1) is 17.7. The van der Waals surface area contributed by atoms with Crippen molar-refractivity contribution in [3.05, 3.63) is 36.4 Å². The van der Waals surface area contributed by atoms with E-state index in [9.17, 15) is 13.2 Å². The van der Waals surface area contributed by atoms with Crippen molar-refractivity contribution in [3.63, 3.8) is 0 Å². The predicted molar refractivity (Wildman–Crippen MR) is 99.3 cm³/mol. The van der Waals surface area contributed by atoms with Gasteiger partial charge in [0.1, 0.15) is 6.04 Å². The number of nitrogens with one attached hydrogen (secondary N) is 1. The number of anilines is 1. The zero-order valence-corrected chi connectivity index (χ0v) is 15.5. The third-order valence-electron chi connectivity index (χ3n) is 4.43. The van der Waals surface area contributed by atoms with Gasteiger partial charge in [0, 0.05) is 11.9 Å². The molecule has 1 N–H and O–H groups in total. The van der Waals surface area contributed by atoms with Crippen molar-refractivity contribution in [1.82, 2.24) is 10.2 Å². The smallest absolute Gasteiger partial charge is 0.265 e. The Kier molecular flexibility index (Phi) is 4.71. The third-order valence-corrected chi connectivity index (χ3v) is 6.36. The van der Waals surface area contributed by atoms with Crippen LogP contribution in [0.3, 0.4) is 0 Å². The van der Waals surface area contributed by atoms with Crippen LogP contribution in [0.5, 0.6) is 0 Å². The topological polar surface area (TPSA) is 69.7 Å². The standard InChI is InChI=1S/C18H23N3O3S/c1-13(18(22)19-11-6-12-20(2)3)21-15-9-4-7-14-8-5-10-16(17(14)15)25(21,23)24/h4-5,7-10,13H,6,11-12H2,1-3H3,(H,19,22). The van der Waals surface area contributed by atoms with Crippen LogP contribution < -0.4 is 9.62 Å². The summed E-state index contributed by atoms with van der Waals surface area (Å²) in [6, 6.07) is 9.86. The molecule has 0 spiro atoms. The number of hydrogen-bond acceptors (Lipinski definition) is 4. The van der Waals surface area contributed by atoms with Gasteiger partial charge in [-0.25, -0.2) is 8.42 Å². The highest BCUT2D eigenvalue weighted by molar-refractivity contribution is 7.93. The number of benzene rings is 2. The van der Waals surface area contributed by atoms with Gasteiger partial charge in [0.25, 0.3) is 10.0 Å². The Morgan fingerprint density at radius 3 is 2.56 bits per heavy atom. The second kappa shape index (κ2) is 6.65. The normalized spacial score (nSPS) is 16.4. The molecule has 0 bridgehead atoms. The molecule has 2 aromatic carbocycles. The Bertz CT molecular complexity index is 904. The Morgan fingerprint density at radius 2 is 1.88 bits per heavy atom. The van der Waals surface area contributed by atoms with Gasteiger partial charge >= 0.3 is 0 Å². The summed E-state index contributed by atoms with van der Waals surface area (Å²) in [5, 5.41) is 4.39. The molecule has 0 saturated carbocycles. The first-order valence-electron chi connectivity index (χ1n) is 8.32. The largest absolute Gasteiger partial charge is 0.354 e. The van der Waals surface area contributed by atoms with Gasteiger partial charge in [-0.3, -0.25) is 9.10 Å². The fourth-order valence-electron chi connectivity index (χ4n) is 3.20. The van der Waals surface area contributed by atoms with Crippen molar-refractivity contribution in [2.24, 2.45) is 0 Å². The molecule has 0 aromatic heterocycles. The molecule has 1 amide bonds. The van der Waals surface area contributed by atoms with Crippen molar-refractivity contribution in [2.45, 2.75) is 24.3 Å². The zero-order chi connectivity index (χ0) is 18.2. The number of nitrogens with zero attached hydrogens (tertiary/aromatic N) is 2. The maximum atomic E-state index is 13.0. The average molecular weight is 361 g/mol. The van der Waals surface area contributed by atoms with Crippen LogP contribution in [0.15, 0.2) is 41.3 Å². The van der Waals surface area contributed by atoms with E-state index in [1.165, 1.54) is 4.31 Å². The molecule has 6 nitrogen and oxygen atoms in total. The lowest BCUT2D eigenvalue weighted by atomic mass is 10.1. The van der Waals surface area contributed by atoms with Gasteiger partial charge in [0.2, 0.25) is 5.91 Å². The SMILES string of the molecule is CC(C(=O)NCCCN(C)C)N1c2cccc3cccc(c23)S1(=O)=O. The van der Waals surface area contributed by atoms with Crippen LogP contribution in [0.25, 0.3) is 10.8 Å². The molecule has 2 aromatic rings. The maximum absolute atomic E-state index is 13.0. The minimum absolute atomic E-state index is 0.271. The molecule has 1 aliphatic rings. The fourth-order valence-corrected chi connectivity index (χ4v) is 5.07. The summed E-state index contributed by atoms with van der Waals surface area (Å²) in [5.41, 5.74) is 0.573. The van der Waals surface area contributed by atoms with E-state index in [2.05, 4.69) is 5.32 Å². The lowest BCUT2D eigenvalue weighted by molar-refractivity contribution is -0.121. The summed E-state index contributed by atoms with van der Waals surface area (Å²) >= 11 is 0. The van der Waals surface area contributed by atoms with Crippen LogP contribution in [-0.2, 0) is 14.8 Å². The second-order valence-corrected chi connectivity index (χ2v) is 8.34. The van der Waals surface area contributed by atoms with E-state index in [1.807, 2.05) is 37.2 Å². The Morgan fingerprint density at radius 1 is 1.20 bits per heavy atom. The molecule has 0 aliphatic carbocycles. The van der Waals surface area contributed by atoms with Crippen molar-refractivity contribution >= 4 is 32.4 Å². The van der Waals surface area contributed by atoms with Crippen LogP contribution in [0.1, 0.15) is 13.3 Å². The Labute approximate surface area is 148 Å². The molecule has 0 saturated heterocycles. The van der Waals surface area contributed by atoms with E-state index in [0.29, 0.717) is 17.6 Å². The maximum Gasteiger partial charge on any atom is 0.265 e. The van der Waals surface area contributed by atoms with Gasteiger partial charge in [-0.05, 0) is 51.5 Å². The van der Waals surface area contributed by atoms with E-state index in [1.54, 1.807) is 25.1 Å².